The first-order valence-electron chi connectivity index (χ1n) is 6.81. The molecule has 0 bridgehead atoms. The van der Waals surface area contributed by atoms with E-state index in [0.29, 0.717) is 24.4 Å². The summed E-state index contributed by atoms with van der Waals surface area (Å²) in [5.41, 5.74) is 0.707. The standard InChI is InChI=1S/C17H15N2O2/c1-13-18-16-10-6-5-9-15(16)17(20)19(13)11-12-21-14-7-3-2-4-8-14/h3-10H,11-12H2,1H3. The molecule has 0 aliphatic carbocycles. The summed E-state index contributed by atoms with van der Waals surface area (Å²) in [6.45, 7) is 2.73. The summed E-state index contributed by atoms with van der Waals surface area (Å²) in [5.74, 6) is 1.47. The van der Waals surface area contributed by atoms with Crippen molar-refractivity contribution in [3.05, 3.63) is 70.8 Å². The summed E-state index contributed by atoms with van der Waals surface area (Å²) in [6, 6.07) is 17.6. The van der Waals surface area contributed by atoms with Crippen molar-refractivity contribution >= 4 is 10.9 Å². The van der Waals surface area contributed by atoms with Gasteiger partial charge in [-0.3, -0.25) is 9.36 Å². The largest absolute Gasteiger partial charge is 0.492 e. The molecule has 0 atom stereocenters. The Morgan fingerprint density at radius 3 is 2.76 bits per heavy atom. The van der Waals surface area contributed by atoms with E-state index in [0.717, 1.165) is 11.3 Å². The van der Waals surface area contributed by atoms with E-state index in [1.165, 1.54) is 0 Å². The van der Waals surface area contributed by atoms with Gasteiger partial charge in [-0.15, -0.1) is 0 Å². The zero-order chi connectivity index (χ0) is 14.7. The smallest absolute Gasteiger partial charge is 0.261 e. The van der Waals surface area contributed by atoms with E-state index >= 15 is 0 Å². The molecule has 0 N–H and O–H groups in total. The van der Waals surface area contributed by atoms with E-state index in [1.54, 1.807) is 22.8 Å². The molecule has 1 aromatic heterocycles. The van der Waals surface area contributed by atoms with Gasteiger partial charge < -0.3 is 4.74 Å². The van der Waals surface area contributed by atoms with Crippen LogP contribution in [0.3, 0.4) is 0 Å². The number of aromatic nitrogens is 2. The highest BCUT2D eigenvalue weighted by Gasteiger charge is 2.07. The first-order valence-corrected chi connectivity index (χ1v) is 6.81. The van der Waals surface area contributed by atoms with E-state index in [1.807, 2.05) is 37.3 Å². The second-order valence-corrected chi connectivity index (χ2v) is 4.72. The summed E-state index contributed by atoms with van der Waals surface area (Å²) in [7, 11) is 0. The van der Waals surface area contributed by atoms with Crippen molar-refractivity contribution in [2.75, 3.05) is 6.61 Å². The molecule has 105 valence electrons. The summed E-state index contributed by atoms with van der Waals surface area (Å²) in [5, 5.41) is 0.636. The van der Waals surface area contributed by atoms with Crippen LogP contribution in [0.5, 0.6) is 5.75 Å². The normalized spacial score (nSPS) is 10.7. The van der Waals surface area contributed by atoms with Crippen LogP contribution in [0.25, 0.3) is 10.9 Å². The lowest BCUT2D eigenvalue weighted by molar-refractivity contribution is 0.294. The number of nitrogens with zero attached hydrogens (tertiary/aromatic N) is 2. The fourth-order valence-corrected chi connectivity index (χ4v) is 2.26. The van der Waals surface area contributed by atoms with E-state index in [2.05, 4.69) is 11.1 Å². The van der Waals surface area contributed by atoms with Crippen molar-refractivity contribution in [3.8, 4) is 5.75 Å². The van der Waals surface area contributed by atoms with E-state index in [9.17, 15) is 4.79 Å². The van der Waals surface area contributed by atoms with Crippen molar-refractivity contribution in [3.63, 3.8) is 0 Å². The maximum absolute atomic E-state index is 12.5. The fourth-order valence-electron chi connectivity index (χ4n) is 2.26. The number of fused-ring (bicyclic) bond motifs is 1. The average Bonchev–Trinajstić information content (AvgIpc) is 2.51. The van der Waals surface area contributed by atoms with Gasteiger partial charge in [-0.25, -0.2) is 4.98 Å². The van der Waals surface area contributed by atoms with Gasteiger partial charge in [0.2, 0.25) is 0 Å². The molecule has 4 heteroatoms. The lowest BCUT2D eigenvalue weighted by atomic mass is 10.2. The molecule has 0 saturated carbocycles. The maximum atomic E-state index is 12.5. The number of hydrogen-bond acceptors (Lipinski definition) is 3. The number of rotatable bonds is 4. The van der Waals surface area contributed by atoms with E-state index in [-0.39, 0.29) is 5.56 Å². The van der Waals surface area contributed by atoms with Crippen LogP contribution in [0, 0.1) is 13.0 Å². The third kappa shape index (κ3) is 2.79. The number of hydrogen-bond donors (Lipinski definition) is 0. The number of para-hydroxylation sites is 1. The Labute approximate surface area is 122 Å². The van der Waals surface area contributed by atoms with Crippen LogP contribution in [0.4, 0.5) is 0 Å². The summed E-state index contributed by atoms with van der Waals surface area (Å²) < 4.78 is 7.27. The molecule has 0 fully saturated rings. The third-order valence-electron chi connectivity index (χ3n) is 3.32. The van der Waals surface area contributed by atoms with Crippen LogP contribution in [0.15, 0.2) is 53.3 Å². The lowest BCUT2D eigenvalue weighted by Gasteiger charge is -2.11. The topological polar surface area (TPSA) is 44.1 Å². The minimum atomic E-state index is -0.0249. The predicted molar refractivity (Wildman–Crippen MR) is 81.5 cm³/mol. The predicted octanol–water partition coefficient (Wildman–Crippen LogP) is 2.58. The highest BCUT2D eigenvalue weighted by Crippen LogP contribution is 2.09. The van der Waals surface area contributed by atoms with Crippen molar-refractivity contribution < 1.29 is 4.74 Å². The Balaban J connectivity index is 1.82. The Morgan fingerprint density at radius 1 is 1.19 bits per heavy atom. The highest BCUT2D eigenvalue weighted by molar-refractivity contribution is 5.77. The van der Waals surface area contributed by atoms with Crippen LogP contribution in [-0.2, 0) is 6.54 Å². The van der Waals surface area contributed by atoms with Crippen LogP contribution in [0.1, 0.15) is 5.82 Å². The van der Waals surface area contributed by atoms with Gasteiger partial charge in [0.1, 0.15) is 18.2 Å². The molecular formula is C17H15N2O2. The Hall–Kier alpha value is -2.62. The molecule has 1 heterocycles. The van der Waals surface area contributed by atoms with E-state index < -0.39 is 0 Å². The van der Waals surface area contributed by atoms with Gasteiger partial charge in [0.15, 0.2) is 0 Å². The van der Waals surface area contributed by atoms with Gasteiger partial charge in [-0.05, 0) is 37.3 Å². The Bertz CT molecular complexity index is 810. The molecule has 0 amide bonds. The van der Waals surface area contributed by atoms with Gasteiger partial charge in [0.05, 0.1) is 17.4 Å². The molecule has 2 aromatic carbocycles. The molecule has 0 aliphatic heterocycles. The lowest BCUT2D eigenvalue weighted by Crippen LogP contribution is -2.26. The first kappa shape index (κ1) is 13.4. The van der Waals surface area contributed by atoms with Crippen molar-refractivity contribution in [1.82, 2.24) is 9.55 Å². The molecule has 3 rings (SSSR count). The van der Waals surface area contributed by atoms with Gasteiger partial charge in [-0.2, -0.15) is 0 Å². The molecule has 0 aliphatic rings. The van der Waals surface area contributed by atoms with Gasteiger partial charge >= 0.3 is 0 Å². The molecule has 21 heavy (non-hydrogen) atoms. The molecule has 3 aromatic rings. The second kappa shape index (κ2) is 5.79. The fraction of sp³-hybridized carbons (Fsp3) is 0.176. The van der Waals surface area contributed by atoms with Gasteiger partial charge in [-0.1, -0.05) is 24.3 Å². The molecule has 0 unspecified atom stereocenters. The van der Waals surface area contributed by atoms with Crippen LogP contribution in [-0.4, -0.2) is 16.2 Å². The molecular weight excluding hydrogens is 264 g/mol. The maximum Gasteiger partial charge on any atom is 0.261 e. The minimum Gasteiger partial charge on any atom is -0.492 e. The molecule has 0 saturated heterocycles. The zero-order valence-corrected chi connectivity index (χ0v) is 11.7. The summed E-state index contributed by atoms with van der Waals surface area (Å²) in [4.78, 5) is 16.9. The molecule has 1 radical (unpaired) electrons. The number of ether oxygens (including phenoxy) is 1. The molecule has 0 spiro atoms. The first-order chi connectivity index (χ1) is 10.3. The SMILES string of the molecule is Cc1nc2ccccc2c(=O)n1CCOc1cc[c]cc1. The summed E-state index contributed by atoms with van der Waals surface area (Å²) in [6.07, 6.45) is 0. The third-order valence-corrected chi connectivity index (χ3v) is 3.32. The van der Waals surface area contributed by atoms with Crippen molar-refractivity contribution in [2.24, 2.45) is 0 Å². The zero-order valence-electron chi connectivity index (χ0n) is 11.7. The highest BCUT2D eigenvalue weighted by atomic mass is 16.5. The minimum absolute atomic E-state index is 0.0249. The average molecular weight is 279 g/mol. The quantitative estimate of drug-likeness (QED) is 0.737. The van der Waals surface area contributed by atoms with Crippen molar-refractivity contribution in [2.45, 2.75) is 13.5 Å². The van der Waals surface area contributed by atoms with E-state index in [4.69, 9.17) is 4.74 Å². The van der Waals surface area contributed by atoms with Crippen LogP contribution < -0.4 is 10.3 Å². The summed E-state index contributed by atoms with van der Waals surface area (Å²) >= 11 is 0. The Morgan fingerprint density at radius 2 is 1.95 bits per heavy atom. The second-order valence-electron chi connectivity index (χ2n) is 4.72. The van der Waals surface area contributed by atoms with Crippen LogP contribution in [0.2, 0.25) is 0 Å². The van der Waals surface area contributed by atoms with Crippen LogP contribution >= 0.6 is 0 Å². The van der Waals surface area contributed by atoms with Gasteiger partial charge in [0.25, 0.3) is 5.56 Å². The number of aryl methyl sites for hydroxylation is 1. The monoisotopic (exact) mass is 279 g/mol. The Kier molecular flexibility index (Phi) is 3.69. The van der Waals surface area contributed by atoms with Gasteiger partial charge in [0, 0.05) is 0 Å². The molecule has 4 nitrogen and oxygen atoms in total. The number of benzene rings is 2. The van der Waals surface area contributed by atoms with Crippen molar-refractivity contribution in [1.29, 1.82) is 0 Å².